The summed E-state index contributed by atoms with van der Waals surface area (Å²) in [7, 11) is 4.19. The summed E-state index contributed by atoms with van der Waals surface area (Å²) in [5.74, 6) is 2.03. The zero-order chi connectivity index (χ0) is 11.1. The number of hydrogen-bond donors (Lipinski definition) is 1. The maximum atomic E-state index is 5.88. The van der Waals surface area contributed by atoms with Crippen molar-refractivity contribution in [1.82, 2.24) is 4.90 Å². The van der Waals surface area contributed by atoms with Gasteiger partial charge in [0.25, 0.3) is 0 Å². The molecule has 15 heavy (non-hydrogen) atoms. The molecular weight excluding hydrogens is 188 g/mol. The van der Waals surface area contributed by atoms with Gasteiger partial charge in [0.1, 0.15) is 11.5 Å². The highest BCUT2D eigenvalue weighted by molar-refractivity contribution is 5.17. The molecule has 0 radical (unpaired) electrons. The molecule has 0 spiro atoms. The van der Waals surface area contributed by atoms with Gasteiger partial charge in [0.05, 0.1) is 6.04 Å². The van der Waals surface area contributed by atoms with E-state index in [4.69, 9.17) is 10.2 Å². The molecule has 0 aliphatic heterocycles. The fraction of sp³-hybridized carbons (Fsp3) is 0.667. The molecule has 84 valence electrons. The molecule has 1 aliphatic rings. The Morgan fingerprint density at radius 3 is 2.47 bits per heavy atom. The lowest BCUT2D eigenvalue weighted by Crippen LogP contribution is -2.33. The number of nitrogens with two attached hydrogens (primary N) is 1. The van der Waals surface area contributed by atoms with E-state index in [1.54, 1.807) is 0 Å². The van der Waals surface area contributed by atoms with Crippen molar-refractivity contribution in [2.75, 3.05) is 20.6 Å². The first-order valence-corrected chi connectivity index (χ1v) is 5.52. The van der Waals surface area contributed by atoms with Crippen molar-refractivity contribution < 1.29 is 4.42 Å². The first-order chi connectivity index (χ1) is 7.09. The fourth-order valence-corrected chi connectivity index (χ4v) is 2.45. The van der Waals surface area contributed by atoms with E-state index in [1.165, 1.54) is 12.8 Å². The third-order valence-corrected chi connectivity index (χ3v) is 3.43. The molecule has 1 saturated carbocycles. The van der Waals surface area contributed by atoms with Gasteiger partial charge >= 0.3 is 0 Å². The second-order valence-electron chi connectivity index (χ2n) is 4.88. The van der Waals surface area contributed by atoms with Gasteiger partial charge in [0.15, 0.2) is 0 Å². The topological polar surface area (TPSA) is 42.4 Å². The molecule has 3 nitrogen and oxygen atoms in total. The monoisotopic (exact) mass is 208 g/mol. The number of nitrogens with zero attached hydrogens (tertiary/aromatic N) is 1. The maximum absolute atomic E-state index is 5.88. The average molecular weight is 208 g/mol. The highest BCUT2D eigenvalue weighted by Gasteiger charge is 2.50. The number of furan rings is 1. The highest BCUT2D eigenvalue weighted by Crippen LogP contribution is 2.56. The molecule has 1 aromatic heterocycles. The van der Waals surface area contributed by atoms with E-state index in [2.05, 4.69) is 25.1 Å². The summed E-state index contributed by atoms with van der Waals surface area (Å²) in [5.41, 5.74) is 6.14. The molecule has 0 bridgehead atoms. The lowest BCUT2D eigenvalue weighted by molar-refractivity contribution is 0.168. The molecule has 1 aliphatic carbocycles. The Morgan fingerprint density at radius 1 is 1.47 bits per heavy atom. The highest BCUT2D eigenvalue weighted by atomic mass is 16.3. The van der Waals surface area contributed by atoms with Crippen molar-refractivity contribution in [2.45, 2.75) is 25.8 Å². The standard InChI is InChI=1S/C12H20N2O/c1-9-4-5-10(15-9)11(14(2)3)12(8-13)6-7-12/h4-5,11H,6-8,13H2,1-3H3. The molecule has 1 aromatic rings. The van der Waals surface area contributed by atoms with Crippen LogP contribution in [-0.4, -0.2) is 25.5 Å². The number of hydrogen-bond acceptors (Lipinski definition) is 3. The molecule has 2 rings (SSSR count). The normalized spacial score (nSPS) is 20.6. The van der Waals surface area contributed by atoms with E-state index >= 15 is 0 Å². The molecule has 0 amide bonds. The van der Waals surface area contributed by atoms with Crippen LogP contribution in [0.3, 0.4) is 0 Å². The van der Waals surface area contributed by atoms with Crippen LogP contribution in [-0.2, 0) is 0 Å². The number of aryl methyl sites for hydroxylation is 1. The van der Waals surface area contributed by atoms with E-state index in [9.17, 15) is 0 Å². The average Bonchev–Trinajstić information content (AvgIpc) is 2.84. The minimum absolute atomic E-state index is 0.258. The van der Waals surface area contributed by atoms with Crippen LogP contribution in [0.4, 0.5) is 0 Å². The zero-order valence-electron chi connectivity index (χ0n) is 9.79. The summed E-state index contributed by atoms with van der Waals surface area (Å²) < 4.78 is 5.74. The van der Waals surface area contributed by atoms with E-state index in [-0.39, 0.29) is 5.41 Å². The molecule has 1 atom stereocenters. The van der Waals surface area contributed by atoms with Gasteiger partial charge in [-0.15, -0.1) is 0 Å². The summed E-state index contributed by atoms with van der Waals surface area (Å²) in [4.78, 5) is 2.22. The van der Waals surface area contributed by atoms with Gasteiger partial charge in [-0.25, -0.2) is 0 Å². The SMILES string of the molecule is Cc1ccc(C(N(C)C)C2(CN)CC2)o1. The summed E-state index contributed by atoms with van der Waals surface area (Å²) in [6.45, 7) is 2.73. The second-order valence-corrected chi connectivity index (χ2v) is 4.88. The first kappa shape index (κ1) is 10.7. The van der Waals surface area contributed by atoms with Gasteiger partial charge in [0.2, 0.25) is 0 Å². The van der Waals surface area contributed by atoms with Crippen LogP contribution in [0.1, 0.15) is 30.4 Å². The van der Waals surface area contributed by atoms with Crippen LogP contribution < -0.4 is 5.73 Å². The van der Waals surface area contributed by atoms with Crippen LogP contribution in [0.25, 0.3) is 0 Å². The van der Waals surface area contributed by atoms with Crippen molar-refractivity contribution in [2.24, 2.45) is 11.1 Å². The van der Waals surface area contributed by atoms with Crippen molar-refractivity contribution >= 4 is 0 Å². The maximum Gasteiger partial charge on any atom is 0.121 e. The first-order valence-electron chi connectivity index (χ1n) is 5.52. The Kier molecular flexibility index (Phi) is 2.61. The minimum atomic E-state index is 0.258. The Morgan fingerprint density at radius 2 is 2.13 bits per heavy atom. The zero-order valence-corrected chi connectivity index (χ0v) is 9.79. The lowest BCUT2D eigenvalue weighted by Gasteiger charge is -2.30. The van der Waals surface area contributed by atoms with E-state index in [0.717, 1.165) is 18.1 Å². The van der Waals surface area contributed by atoms with Crippen molar-refractivity contribution in [3.63, 3.8) is 0 Å². The number of rotatable bonds is 4. The summed E-state index contributed by atoms with van der Waals surface area (Å²) in [5, 5.41) is 0. The minimum Gasteiger partial charge on any atom is -0.465 e. The van der Waals surface area contributed by atoms with Gasteiger partial charge in [0, 0.05) is 5.41 Å². The third-order valence-electron chi connectivity index (χ3n) is 3.43. The molecule has 3 heteroatoms. The Balaban J connectivity index is 2.28. The predicted molar refractivity (Wildman–Crippen MR) is 60.6 cm³/mol. The lowest BCUT2D eigenvalue weighted by atomic mass is 9.93. The van der Waals surface area contributed by atoms with Crippen molar-refractivity contribution in [3.05, 3.63) is 23.7 Å². The smallest absolute Gasteiger partial charge is 0.121 e. The van der Waals surface area contributed by atoms with Crippen molar-refractivity contribution in [1.29, 1.82) is 0 Å². The van der Waals surface area contributed by atoms with E-state index in [0.29, 0.717) is 6.04 Å². The Labute approximate surface area is 91.2 Å². The van der Waals surface area contributed by atoms with E-state index < -0.39 is 0 Å². The van der Waals surface area contributed by atoms with Gasteiger partial charge in [-0.05, 0) is 52.5 Å². The summed E-state index contributed by atoms with van der Waals surface area (Å²) in [6, 6.07) is 4.44. The van der Waals surface area contributed by atoms with E-state index in [1.807, 2.05) is 13.0 Å². The van der Waals surface area contributed by atoms with Gasteiger partial charge in [-0.2, -0.15) is 0 Å². The quantitative estimate of drug-likeness (QED) is 0.822. The molecule has 2 N–H and O–H groups in total. The molecule has 1 fully saturated rings. The largest absolute Gasteiger partial charge is 0.465 e. The summed E-state index contributed by atoms with van der Waals surface area (Å²) in [6.07, 6.45) is 2.43. The molecule has 0 saturated heterocycles. The fourth-order valence-electron chi connectivity index (χ4n) is 2.45. The van der Waals surface area contributed by atoms with Gasteiger partial charge in [-0.1, -0.05) is 0 Å². The molecular formula is C12H20N2O. The Hall–Kier alpha value is -0.800. The molecule has 1 unspecified atom stereocenters. The van der Waals surface area contributed by atoms with Gasteiger partial charge < -0.3 is 10.2 Å². The van der Waals surface area contributed by atoms with Crippen LogP contribution in [0.2, 0.25) is 0 Å². The second kappa shape index (κ2) is 3.65. The molecule has 0 aromatic carbocycles. The van der Waals surface area contributed by atoms with Crippen LogP contribution >= 0.6 is 0 Å². The van der Waals surface area contributed by atoms with Crippen LogP contribution in [0, 0.1) is 12.3 Å². The third kappa shape index (κ3) is 1.82. The van der Waals surface area contributed by atoms with Crippen molar-refractivity contribution in [3.8, 4) is 0 Å². The van der Waals surface area contributed by atoms with Crippen LogP contribution in [0.15, 0.2) is 16.5 Å². The molecule has 1 heterocycles. The van der Waals surface area contributed by atoms with Crippen LogP contribution in [0.5, 0.6) is 0 Å². The summed E-state index contributed by atoms with van der Waals surface area (Å²) >= 11 is 0. The predicted octanol–water partition coefficient (Wildman–Crippen LogP) is 1.93. The van der Waals surface area contributed by atoms with Gasteiger partial charge in [-0.3, -0.25) is 4.90 Å². The Bertz CT molecular complexity index is 339.